The monoisotopic (exact) mass is 198 g/mol. The number of rotatable bonds is 2. The van der Waals surface area contributed by atoms with Crippen LogP contribution in [0.25, 0.3) is 0 Å². The molecule has 3 heteroatoms. The van der Waals surface area contributed by atoms with E-state index in [1.54, 1.807) is 0 Å². The van der Waals surface area contributed by atoms with Gasteiger partial charge in [0.2, 0.25) is 5.91 Å². The molecule has 0 aromatic carbocycles. The van der Waals surface area contributed by atoms with E-state index in [4.69, 9.17) is 5.73 Å². The molecule has 1 saturated heterocycles. The molecule has 2 N–H and O–H groups in total. The number of carbonyl (C=O) groups is 1. The second-order valence-corrected chi connectivity index (χ2v) is 5.04. The minimum absolute atomic E-state index is 0.125. The van der Waals surface area contributed by atoms with E-state index in [0.29, 0.717) is 0 Å². The standard InChI is InChI=1S/C11H22N2O/c1-4-9(12)10(14)13-7-5-6-11(2,3)8-13/h9H,4-8,12H2,1-3H3/t9-/m1/s1. The lowest BCUT2D eigenvalue weighted by atomic mass is 9.84. The van der Waals surface area contributed by atoms with E-state index in [0.717, 1.165) is 25.9 Å². The smallest absolute Gasteiger partial charge is 0.239 e. The summed E-state index contributed by atoms with van der Waals surface area (Å²) in [7, 11) is 0. The van der Waals surface area contributed by atoms with Gasteiger partial charge >= 0.3 is 0 Å². The first kappa shape index (κ1) is 11.5. The van der Waals surface area contributed by atoms with E-state index in [-0.39, 0.29) is 17.4 Å². The Bertz CT molecular complexity index is 213. The van der Waals surface area contributed by atoms with Gasteiger partial charge in [0.05, 0.1) is 6.04 Å². The van der Waals surface area contributed by atoms with E-state index < -0.39 is 0 Å². The molecule has 0 radical (unpaired) electrons. The van der Waals surface area contributed by atoms with Crippen molar-refractivity contribution in [3.63, 3.8) is 0 Å². The largest absolute Gasteiger partial charge is 0.341 e. The summed E-state index contributed by atoms with van der Waals surface area (Å²) in [5.74, 6) is 0.125. The van der Waals surface area contributed by atoms with Crippen molar-refractivity contribution >= 4 is 5.91 Å². The van der Waals surface area contributed by atoms with Crippen LogP contribution in [0.5, 0.6) is 0 Å². The molecule has 82 valence electrons. The van der Waals surface area contributed by atoms with E-state index in [1.165, 1.54) is 6.42 Å². The summed E-state index contributed by atoms with van der Waals surface area (Å²) in [6.07, 6.45) is 3.04. The van der Waals surface area contributed by atoms with Crippen LogP contribution in [0, 0.1) is 5.41 Å². The Morgan fingerprint density at radius 1 is 1.57 bits per heavy atom. The molecule has 1 fully saturated rings. The third-order valence-corrected chi connectivity index (χ3v) is 2.97. The van der Waals surface area contributed by atoms with Crippen molar-refractivity contribution < 1.29 is 4.79 Å². The van der Waals surface area contributed by atoms with E-state index >= 15 is 0 Å². The van der Waals surface area contributed by atoms with Crippen LogP contribution in [0.15, 0.2) is 0 Å². The highest BCUT2D eigenvalue weighted by Crippen LogP contribution is 2.28. The molecule has 1 aliphatic heterocycles. The molecule has 0 aromatic heterocycles. The second-order valence-electron chi connectivity index (χ2n) is 5.04. The van der Waals surface area contributed by atoms with Gasteiger partial charge in [0.15, 0.2) is 0 Å². The maximum atomic E-state index is 11.8. The number of likely N-dealkylation sites (tertiary alicyclic amines) is 1. The fourth-order valence-electron chi connectivity index (χ4n) is 2.02. The summed E-state index contributed by atoms with van der Waals surface area (Å²) in [5.41, 5.74) is 6.01. The van der Waals surface area contributed by atoms with Crippen molar-refractivity contribution in [1.82, 2.24) is 4.90 Å². The predicted molar refractivity (Wildman–Crippen MR) is 57.9 cm³/mol. The zero-order valence-corrected chi connectivity index (χ0v) is 9.55. The van der Waals surface area contributed by atoms with Gasteiger partial charge in [-0.25, -0.2) is 0 Å². The molecule has 1 amide bonds. The average Bonchev–Trinajstić information content (AvgIpc) is 2.14. The van der Waals surface area contributed by atoms with Gasteiger partial charge in [0.1, 0.15) is 0 Å². The van der Waals surface area contributed by atoms with Crippen molar-refractivity contribution in [2.24, 2.45) is 11.1 Å². The first-order valence-electron chi connectivity index (χ1n) is 5.50. The van der Waals surface area contributed by atoms with Crippen molar-refractivity contribution in [2.75, 3.05) is 13.1 Å². The molecule has 0 aliphatic carbocycles. The minimum atomic E-state index is -0.302. The van der Waals surface area contributed by atoms with E-state index in [9.17, 15) is 4.79 Å². The van der Waals surface area contributed by atoms with E-state index in [2.05, 4.69) is 13.8 Å². The summed E-state index contributed by atoms with van der Waals surface area (Å²) < 4.78 is 0. The van der Waals surface area contributed by atoms with E-state index in [1.807, 2.05) is 11.8 Å². The number of amides is 1. The molecule has 14 heavy (non-hydrogen) atoms. The van der Waals surface area contributed by atoms with Crippen molar-refractivity contribution in [3.05, 3.63) is 0 Å². The Balaban J connectivity index is 2.56. The highest BCUT2D eigenvalue weighted by atomic mass is 16.2. The summed E-state index contributed by atoms with van der Waals surface area (Å²) in [5, 5.41) is 0. The Hall–Kier alpha value is -0.570. The van der Waals surface area contributed by atoms with Gasteiger partial charge in [-0.1, -0.05) is 20.8 Å². The first-order valence-corrected chi connectivity index (χ1v) is 5.50. The molecule has 1 rings (SSSR count). The number of piperidine rings is 1. The molecular weight excluding hydrogens is 176 g/mol. The van der Waals surface area contributed by atoms with Crippen LogP contribution in [-0.2, 0) is 4.79 Å². The number of nitrogens with zero attached hydrogens (tertiary/aromatic N) is 1. The normalized spacial score (nSPS) is 23.3. The summed E-state index contributed by atoms with van der Waals surface area (Å²) in [6, 6.07) is -0.302. The Morgan fingerprint density at radius 2 is 2.21 bits per heavy atom. The van der Waals surface area contributed by atoms with Crippen LogP contribution in [0.2, 0.25) is 0 Å². The molecule has 0 aromatic rings. The van der Waals surface area contributed by atoms with Crippen LogP contribution in [0.3, 0.4) is 0 Å². The molecule has 1 aliphatic rings. The van der Waals surface area contributed by atoms with Crippen LogP contribution in [0.1, 0.15) is 40.0 Å². The molecule has 0 saturated carbocycles. The number of hydrogen-bond donors (Lipinski definition) is 1. The third kappa shape index (κ3) is 2.71. The highest BCUT2D eigenvalue weighted by Gasteiger charge is 2.30. The quantitative estimate of drug-likeness (QED) is 0.728. The van der Waals surface area contributed by atoms with Crippen molar-refractivity contribution in [3.8, 4) is 0 Å². The summed E-state index contributed by atoms with van der Waals surface area (Å²) in [4.78, 5) is 13.7. The SMILES string of the molecule is CC[C@@H](N)C(=O)N1CCCC(C)(C)C1. The maximum Gasteiger partial charge on any atom is 0.239 e. The lowest BCUT2D eigenvalue weighted by molar-refractivity contribution is -0.135. The summed E-state index contributed by atoms with van der Waals surface area (Å²) in [6.45, 7) is 8.13. The maximum absolute atomic E-state index is 11.8. The van der Waals surface area contributed by atoms with Gasteiger partial charge in [-0.3, -0.25) is 4.79 Å². The van der Waals surface area contributed by atoms with Crippen molar-refractivity contribution in [2.45, 2.75) is 46.1 Å². The molecular formula is C11H22N2O. The van der Waals surface area contributed by atoms with Crippen LogP contribution in [-0.4, -0.2) is 29.9 Å². The van der Waals surface area contributed by atoms with Crippen LogP contribution >= 0.6 is 0 Å². The minimum Gasteiger partial charge on any atom is -0.341 e. The number of hydrogen-bond acceptors (Lipinski definition) is 2. The fourth-order valence-corrected chi connectivity index (χ4v) is 2.02. The Kier molecular flexibility index (Phi) is 3.53. The number of carbonyl (C=O) groups excluding carboxylic acids is 1. The zero-order chi connectivity index (χ0) is 10.8. The molecule has 0 bridgehead atoms. The van der Waals surface area contributed by atoms with Gasteiger partial charge in [-0.2, -0.15) is 0 Å². The Morgan fingerprint density at radius 3 is 2.71 bits per heavy atom. The Labute approximate surface area is 86.6 Å². The third-order valence-electron chi connectivity index (χ3n) is 2.97. The van der Waals surface area contributed by atoms with Gasteiger partial charge in [0.25, 0.3) is 0 Å². The highest BCUT2D eigenvalue weighted by molar-refractivity contribution is 5.81. The molecule has 1 heterocycles. The lowest BCUT2D eigenvalue weighted by Crippen LogP contribution is -2.49. The molecule has 1 atom stereocenters. The van der Waals surface area contributed by atoms with Gasteiger partial charge in [-0.15, -0.1) is 0 Å². The van der Waals surface area contributed by atoms with Gasteiger partial charge in [0, 0.05) is 13.1 Å². The number of nitrogens with two attached hydrogens (primary N) is 1. The topological polar surface area (TPSA) is 46.3 Å². The van der Waals surface area contributed by atoms with Gasteiger partial charge in [-0.05, 0) is 24.7 Å². The van der Waals surface area contributed by atoms with Crippen LogP contribution < -0.4 is 5.73 Å². The zero-order valence-electron chi connectivity index (χ0n) is 9.55. The molecule has 0 spiro atoms. The molecule has 3 nitrogen and oxygen atoms in total. The van der Waals surface area contributed by atoms with Crippen molar-refractivity contribution in [1.29, 1.82) is 0 Å². The van der Waals surface area contributed by atoms with Crippen LogP contribution in [0.4, 0.5) is 0 Å². The fraction of sp³-hybridized carbons (Fsp3) is 0.909. The van der Waals surface area contributed by atoms with Gasteiger partial charge < -0.3 is 10.6 Å². The molecule has 0 unspecified atom stereocenters. The predicted octanol–water partition coefficient (Wildman–Crippen LogP) is 1.37. The average molecular weight is 198 g/mol. The summed E-state index contributed by atoms with van der Waals surface area (Å²) >= 11 is 0. The second kappa shape index (κ2) is 4.30. The first-order chi connectivity index (χ1) is 6.46. The lowest BCUT2D eigenvalue weighted by Gasteiger charge is -2.39.